The molecule has 2 atom stereocenters. The number of carbonyl (C=O) groups excluding carboxylic acids is 2. The highest BCUT2D eigenvalue weighted by atomic mass is 32.2. The fraction of sp³-hybridized carbons (Fsp3) is 0.667. The van der Waals surface area contributed by atoms with Crippen LogP contribution in [0.2, 0.25) is 0 Å². The summed E-state index contributed by atoms with van der Waals surface area (Å²) in [6.07, 6.45) is 12.1. The molecule has 0 heterocycles. The van der Waals surface area contributed by atoms with Crippen molar-refractivity contribution in [3.8, 4) is 0 Å². The molecule has 2 amide bonds. The van der Waals surface area contributed by atoms with Crippen LogP contribution in [0.1, 0.15) is 87.0 Å². The third kappa shape index (κ3) is 17.5. The number of carboxylic acid groups (broad SMARTS) is 1. The van der Waals surface area contributed by atoms with E-state index in [1.807, 2.05) is 13.8 Å². The van der Waals surface area contributed by atoms with Crippen LogP contribution < -0.4 is 10.6 Å². The van der Waals surface area contributed by atoms with Crippen molar-refractivity contribution in [2.45, 2.75) is 99.1 Å². The fourth-order valence-electron chi connectivity index (χ4n) is 3.19. The van der Waals surface area contributed by atoms with Crippen LogP contribution in [0.3, 0.4) is 0 Å². The van der Waals surface area contributed by atoms with Crippen LogP contribution in [0.5, 0.6) is 0 Å². The van der Waals surface area contributed by atoms with Gasteiger partial charge in [-0.1, -0.05) is 48.8 Å². The zero-order chi connectivity index (χ0) is 26.1. The molecule has 0 aliphatic rings. The first-order valence-electron chi connectivity index (χ1n) is 12.2. The van der Waals surface area contributed by atoms with Gasteiger partial charge in [-0.15, -0.1) is 0 Å². The highest BCUT2D eigenvalue weighted by Gasteiger charge is 2.25. The van der Waals surface area contributed by atoms with Crippen molar-refractivity contribution in [2.75, 3.05) is 11.5 Å². The van der Waals surface area contributed by atoms with Gasteiger partial charge in [0.2, 0.25) is 11.8 Å². The first-order valence-corrected chi connectivity index (χ1v) is 13.4. The van der Waals surface area contributed by atoms with Gasteiger partial charge in [0.05, 0.1) is 0 Å². The summed E-state index contributed by atoms with van der Waals surface area (Å²) in [6, 6.07) is -1.71. The largest absolute Gasteiger partial charge is 0.480 e. The molecule has 0 radical (unpaired) electrons. The molecule has 0 aromatic rings. The van der Waals surface area contributed by atoms with Gasteiger partial charge in [0.15, 0.2) is 0 Å². The summed E-state index contributed by atoms with van der Waals surface area (Å²) in [7, 11) is 0. The molecule has 34 heavy (non-hydrogen) atoms. The van der Waals surface area contributed by atoms with E-state index in [0.29, 0.717) is 18.1 Å². The minimum atomic E-state index is -1.07. The molecule has 2 unspecified atom stereocenters. The Labute approximate surface area is 211 Å². The summed E-state index contributed by atoms with van der Waals surface area (Å²) in [5, 5.41) is 14.8. The molecule has 3 N–H and O–H groups in total. The number of rotatable bonds is 17. The van der Waals surface area contributed by atoms with Crippen LogP contribution in [0.15, 0.2) is 34.9 Å². The van der Waals surface area contributed by atoms with Crippen LogP contribution in [-0.2, 0) is 14.4 Å². The van der Waals surface area contributed by atoms with Gasteiger partial charge in [-0.3, -0.25) is 9.59 Å². The Kier molecular flexibility index (Phi) is 17.2. The maximum atomic E-state index is 12.6. The maximum Gasteiger partial charge on any atom is 0.327 e. The second kappa shape index (κ2) is 18.3. The Morgan fingerprint density at radius 1 is 0.824 bits per heavy atom. The van der Waals surface area contributed by atoms with Gasteiger partial charge >= 0.3 is 5.97 Å². The second-order valence-corrected chi connectivity index (χ2v) is 10.7. The average molecular weight is 495 g/mol. The summed E-state index contributed by atoms with van der Waals surface area (Å²) in [5.74, 6) is -0.471. The highest BCUT2D eigenvalue weighted by Crippen LogP contribution is 2.13. The molecular weight excluding hydrogens is 448 g/mol. The van der Waals surface area contributed by atoms with E-state index in [1.54, 1.807) is 0 Å². The Hall–Kier alpha value is -2.02. The minimum Gasteiger partial charge on any atom is -0.480 e. The molecule has 7 heteroatoms. The number of nitrogens with one attached hydrogen (secondary N) is 2. The topological polar surface area (TPSA) is 95.5 Å². The molecule has 194 valence electrons. The van der Waals surface area contributed by atoms with Crippen LogP contribution >= 0.6 is 11.8 Å². The van der Waals surface area contributed by atoms with Gasteiger partial charge in [0, 0.05) is 18.4 Å². The van der Waals surface area contributed by atoms with E-state index in [1.165, 1.54) is 35.4 Å². The van der Waals surface area contributed by atoms with E-state index in [2.05, 4.69) is 56.6 Å². The quantitative estimate of drug-likeness (QED) is 0.179. The van der Waals surface area contributed by atoms with E-state index in [-0.39, 0.29) is 11.7 Å². The van der Waals surface area contributed by atoms with Crippen LogP contribution in [-0.4, -0.2) is 46.5 Å². The molecule has 0 aliphatic heterocycles. The predicted molar refractivity (Wildman–Crippen MR) is 144 cm³/mol. The Morgan fingerprint density at radius 3 is 1.94 bits per heavy atom. The lowest BCUT2D eigenvalue weighted by atomic mass is 10.0. The van der Waals surface area contributed by atoms with Crippen molar-refractivity contribution in [3.05, 3.63) is 34.9 Å². The van der Waals surface area contributed by atoms with Crippen molar-refractivity contribution in [1.82, 2.24) is 10.6 Å². The summed E-state index contributed by atoms with van der Waals surface area (Å²) < 4.78 is 0. The first kappa shape index (κ1) is 32.0. The number of amides is 2. The lowest BCUT2D eigenvalue weighted by Gasteiger charge is -2.21. The standard InChI is InChI=1S/C27H46N2O4S/c1-19(2)10-8-11-21(5)12-9-13-22(6)16-17-34-18-25(27(32)33)29-26(31)24(28-23(7)30)15-14-20(3)4/h10,12,16,20,24-25H,8-9,11,13-15,17-18H2,1-7H3,(H,28,30)(H,29,31)(H,32,33). The van der Waals surface area contributed by atoms with E-state index in [4.69, 9.17) is 0 Å². The normalized spacial score (nSPS) is 13.9. The predicted octanol–water partition coefficient (Wildman–Crippen LogP) is 5.65. The zero-order valence-corrected chi connectivity index (χ0v) is 23.0. The molecule has 0 aliphatic carbocycles. The summed E-state index contributed by atoms with van der Waals surface area (Å²) >= 11 is 1.48. The lowest BCUT2D eigenvalue weighted by molar-refractivity contribution is -0.141. The van der Waals surface area contributed by atoms with Gasteiger partial charge in [-0.2, -0.15) is 11.8 Å². The van der Waals surface area contributed by atoms with Gasteiger partial charge in [0.1, 0.15) is 12.1 Å². The number of hydrogen-bond acceptors (Lipinski definition) is 4. The van der Waals surface area contributed by atoms with Gasteiger partial charge < -0.3 is 15.7 Å². The fourth-order valence-corrected chi connectivity index (χ4v) is 4.19. The zero-order valence-electron chi connectivity index (χ0n) is 22.2. The number of hydrogen-bond donors (Lipinski definition) is 3. The number of aliphatic carboxylic acids is 1. The van der Waals surface area contributed by atoms with Crippen molar-refractivity contribution in [3.63, 3.8) is 0 Å². The maximum absolute atomic E-state index is 12.6. The first-order chi connectivity index (χ1) is 15.9. The molecule has 0 spiro atoms. The van der Waals surface area contributed by atoms with Crippen LogP contribution in [0.4, 0.5) is 0 Å². The number of thioether (sulfide) groups is 1. The van der Waals surface area contributed by atoms with Gasteiger partial charge in [0.25, 0.3) is 0 Å². The highest BCUT2D eigenvalue weighted by molar-refractivity contribution is 7.99. The molecule has 0 saturated carbocycles. The van der Waals surface area contributed by atoms with E-state index in [9.17, 15) is 19.5 Å². The molecule has 0 aromatic heterocycles. The SMILES string of the molecule is CC(=O)NC(CCC(C)C)C(=O)NC(CSCC=C(C)CCC=C(C)CCC=C(C)C)C(=O)O. The smallest absolute Gasteiger partial charge is 0.327 e. The second-order valence-electron chi connectivity index (χ2n) is 9.62. The Balaban J connectivity index is 4.57. The molecule has 0 bridgehead atoms. The summed E-state index contributed by atoms with van der Waals surface area (Å²) in [6.45, 7) is 13.9. The third-order valence-electron chi connectivity index (χ3n) is 5.30. The van der Waals surface area contributed by atoms with Gasteiger partial charge in [-0.25, -0.2) is 4.79 Å². The number of allylic oxidation sites excluding steroid dienone is 5. The Bertz CT molecular complexity index is 737. The van der Waals surface area contributed by atoms with Crippen molar-refractivity contribution < 1.29 is 19.5 Å². The van der Waals surface area contributed by atoms with Crippen LogP contribution in [0, 0.1) is 5.92 Å². The number of carboxylic acids is 1. The van der Waals surface area contributed by atoms with E-state index < -0.39 is 24.0 Å². The minimum absolute atomic E-state index is 0.269. The Morgan fingerprint density at radius 2 is 1.41 bits per heavy atom. The molecule has 0 fully saturated rings. The van der Waals surface area contributed by atoms with Crippen LogP contribution in [0.25, 0.3) is 0 Å². The third-order valence-corrected chi connectivity index (χ3v) is 6.27. The number of carbonyl (C=O) groups is 3. The monoisotopic (exact) mass is 494 g/mol. The van der Waals surface area contributed by atoms with Gasteiger partial charge in [-0.05, 0) is 72.1 Å². The van der Waals surface area contributed by atoms with E-state index >= 15 is 0 Å². The molecule has 0 rings (SSSR count). The van der Waals surface area contributed by atoms with E-state index in [0.717, 1.165) is 32.1 Å². The average Bonchev–Trinajstić information content (AvgIpc) is 2.72. The lowest BCUT2D eigenvalue weighted by Crippen LogP contribution is -2.52. The summed E-state index contributed by atoms with van der Waals surface area (Å²) in [4.78, 5) is 35.7. The molecule has 0 saturated heterocycles. The molecular formula is C27H46N2O4S. The van der Waals surface area contributed by atoms with Crippen molar-refractivity contribution in [2.24, 2.45) is 5.92 Å². The van der Waals surface area contributed by atoms with Crippen molar-refractivity contribution in [1.29, 1.82) is 0 Å². The summed E-state index contributed by atoms with van der Waals surface area (Å²) in [5.41, 5.74) is 4.04. The molecule has 6 nitrogen and oxygen atoms in total. The van der Waals surface area contributed by atoms with Crippen molar-refractivity contribution >= 4 is 29.5 Å². The molecule has 0 aromatic carbocycles.